The number of ketones is 1. The molecule has 0 aromatic rings. The standard InChI is InChI=1S/C8H15NO/c1-3-9-5-4-8(10)7(2)6-9/h7H,3-6H2,1-2H3/p+1/t7-/m1/s1. The minimum absolute atomic E-state index is 0.309. The highest BCUT2D eigenvalue weighted by molar-refractivity contribution is 5.81. The molecule has 0 aromatic carbocycles. The van der Waals surface area contributed by atoms with Crippen molar-refractivity contribution in [3.05, 3.63) is 0 Å². The van der Waals surface area contributed by atoms with Gasteiger partial charge in [0, 0.05) is 0 Å². The molecule has 0 aromatic heterocycles. The van der Waals surface area contributed by atoms with Crippen molar-refractivity contribution in [3.8, 4) is 0 Å². The van der Waals surface area contributed by atoms with Gasteiger partial charge < -0.3 is 4.90 Å². The van der Waals surface area contributed by atoms with Gasteiger partial charge in [-0.15, -0.1) is 0 Å². The third-order valence-corrected chi connectivity index (χ3v) is 2.37. The molecule has 1 aliphatic heterocycles. The molecule has 0 aliphatic carbocycles. The lowest BCUT2D eigenvalue weighted by Crippen LogP contribution is -3.13. The molecule has 0 saturated carbocycles. The van der Waals surface area contributed by atoms with E-state index in [1.807, 2.05) is 6.92 Å². The summed E-state index contributed by atoms with van der Waals surface area (Å²) in [5.41, 5.74) is 0. The van der Waals surface area contributed by atoms with Crippen LogP contribution < -0.4 is 4.90 Å². The monoisotopic (exact) mass is 142 g/mol. The molecule has 0 amide bonds. The molecule has 1 heterocycles. The Bertz CT molecular complexity index is 133. The summed E-state index contributed by atoms with van der Waals surface area (Å²) >= 11 is 0. The smallest absolute Gasteiger partial charge is 0.146 e. The van der Waals surface area contributed by atoms with E-state index in [0.29, 0.717) is 11.7 Å². The Morgan fingerprint density at radius 2 is 2.40 bits per heavy atom. The van der Waals surface area contributed by atoms with E-state index in [0.717, 1.165) is 26.1 Å². The average Bonchev–Trinajstić information content (AvgIpc) is 1.95. The second kappa shape index (κ2) is 3.15. The van der Waals surface area contributed by atoms with Crippen LogP contribution >= 0.6 is 0 Å². The summed E-state index contributed by atoms with van der Waals surface area (Å²) in [6.07, 6.45) is 0.796. The van der Waals surface area contributed by atoms with Gasteiger partial charge in [0.25, 0.3) is 0 Å². The summed E-state index contributed by atoms with van der Waals surface area (Å²) in [6.45, 7) is 7.49. The Balaban J connectivity index is 2.40. The van der Waals surface area contributed by atoms with Gasteiger partial charge >= 0.3 is 0 Å². The lowest BCUT2D eigenvalue weighted by molar-refractivity contribution is -0.902. The molecule has 2 heteroatoms. The largest absolute Gasteiger partial charge is 0.334 e. The van der Waals surface area contributed by atoms with Crippen molar-refractivity contribution in [2.24, 2.45) is 5.92 Å². The van der Waals surface area contributed by atoms with E-state index in [1.165, 1.54) is 0 Å². The molecule has 1 rings (SSSR count). The first-order chi connectivity index (χ1) is 4.74. The van der Waals surface area contributed by atoms with Gasteiger partial charge in [-0.2, -0.15) is 0 Å². The van der Waals surface area contributed by atoms with E-state index in [4.69, 9.17) is 0 Å². The molecule has 58 valence electrons. The molecule has 0 spiro atoms. The minimum Gasteiger partial charge on any atom is -0.334 e. The van der Waals surface area contributed by atoms with Crippen LogP contribution in [0.3, 0.4) is 0 Å². The van der Waals surface area contributed by atoms with Gasteiger partial charge in [0.1, 0.15) is 5.78 Å². The number of nitrogens with one attached hydrogen (secondary N) is 1. The van der Waals surface area contributed by atoms with E-state index in [1.54, 1.807) is 4.90 Å². The summed E-state index contributed by atoms with van der Waals surface area (Å²) in [5, 5.41) is 0. The van der Waals surface area contributed by atoms with Crippen molar-refractivity contribution >= 4 is 5.78 Å². The van der Waals surface area contributed by atoms with Crippen LogP contribution in [0, 0.1) is 5.92 Å². The highest BCUT2D eigenvalue weighted by atomic mass is 16.1. The molecular weight excluding hydrogens is 126 g/mol. The molecule has 0 bridgehead atoms. The zero-order valence-electron chi connectivity index (χ0n) is 6.81. The number of rotatable bonds is 1. The van der Waals surface area contributed by atoms with E-state index in [9.17, 15) is 4.79 Å². The van der Waals surface area contributed by atoms with Gasteiger partial charge in [-0.3, -0.25) is 4.79 Å². The van der Waals surface area contributed by atoms with Crippen molar-refractivity contribution in [3.63, 3.8) is 0 Å². The average molecular weight is 142 g/mol. The number of piperidine rings is 1. The third-order valence-electron chi connectivity index (χ3n) is 2.37. The van der Waals surface area contributed by atoms with Gasteiger partial charge in [0.2, 0.25) is 0 Å². The second-order valence-electron chi connectivity index (χ2n) is 3.18. The van der Waals surface area contributed by atoms with Crippen molar-refractivity contribution in [1.82, 2.24) is 0 Å². The van der Waals surface area contributed by atoms with Gasteiger partial charge in [-0.05, 0) is 6.92 Å². The van der Waals surface area contributed by atoms with E-state index in [-0.39, 0.29) is 0 Å². The first-order valence-electron chi connectivity index (χ1n) is 4.10. The molecule has 1 saturated heterocycles. The fourth-order valence-electron chi connectivity index (χ4n) is 1.52. The zero-order valence-corrected chi connectivity index (χ0v) is 6.81. The van der Waals surface area contributed by atoms with Crippen molar-refractivity contribution in [1.29, 1.82) is 0 Å². The topological polar surface area (TPSA) is 21.5 Å². The van der Waals surface area contributed by atoms with Crippen LogP contribution in [0.5, 0.6) is 0 Å². The molecule has 1 N–H and O–H groups in total. The van der Waals surface area contributed by atoms with E-state index >= 15 is 0 Å². The number of quaternary nitrogens is 1. The molecule has 0 radical (unpaired) electrons. The summed E-state index contributed by atoms with van der Waals surface area (Å²) in [7, 11) is 0. The summed E-state index contributed by atoms with van der Waals surface area (Å²) in [5.74, 6) is 0.765. The Kier molecular flexibility index (Phi) is 2.44. The summed E-state index contributed by atoms with van der Waals surface area (Å²) in [6, 6.07) is 0. The van der Waals surface area contributed by atoms with Crippen LogP contribution in [0.4, 0.5) is 0 Å². The molecule has 2 atom stereocenters. The van der Waals surface area contributed by atoms with Crippen LogP contribution in [0.1, 0.15) is 20.3 Å². The van der Waals surface area contributed by atoms with Gasteiger partial charge in [0.15, 0.2) is 0 Å². The molecular formula is C8H16NO+. The first-order valence-corrected chi connectivity index (χ1v) is 4.10. The van der Waals surface area contributed by atoms with Crippen molar-refractivity contribution in [2.75, 3.05) is 19.6 Å². The zero-order chi connectivity index (χ0) is 7.56. The second-order valence-corrected chi connectivity index (χ2v) is 3.18. The number of carbonyl (C=O) groups excluding carboxylic acids is 1. The number of hydrogen-bond acceptors (Lipinski definition) is 1. The highest BCUT2D eigenvalue weighted by Crippen LogP contribution is 1.99. The number of likely N-dealkylation sites (tertiary alicyclic amines) is 1. The van der Waals surface area contributed by atoms with Crippen LogP contribution in [0.25, 0.3) is 0 Å². The van der Waals surface area contributed by atoms with Crippen molar-refractivity contribution < 1.29 is 9.69 Å². The van der Waals surface area contributed by atoms with Gasteiger partial charge in [0.05, 0.1) is 32.0 Å². The number of Topliss-reactive ketones (excluding diaryl/α,β-unsaturated/α-hetero) is 1. The van der Waals surface area contributed by atoms with E-state index < -0.39 is 0 Å². The SMILES string of the molecule is CC[NH+]1CCC(=O)[C@H](C)C1. The Morgan fingerprint density at radius 3 is 2.90 bits per heavy atom. The molecule has 1 fully saturated rings. The predicted octanol–water partition coefficient (Wildman–Crippen LogP) is -0.500. The Hall–Kier alpha value is -0.370. The Labute approximate surface area is 62.2 Å². The van der Waals surface area contributed by atoms with Crippen molar-refractivity contribution in [2.45, 2.75) is 20.3 Å². The van der Waals surface area contributed by atoms with Gasteiger partial charge in [-0.25, -0.2) is 0 Å². The van der Waals surface area contributed by atoms with Crippen LogP contribution in [-0.2, 0) is 4.79 Å². The van der Waals surface area contributed by atoms with Crippen LogP contribution in [-0.4, -0.2) is 25.4 Å². The molecule has 2 nitrogen and oxygen atoms in total. The molecule has 1 unspecified atom stereocenters. The summed E-state index contributed by atoms with van der Waals surface area (Å²) in [4.78, 5) is 12.6. The Morgan fingerprint density at radius 1 is 1.70 bits per heavy atom. The highest BCUT2D eigenvalue weighted by Gasteiger charge is 2.24. The normalized spacial score (nSPS) is 34.4. The fraction of sp³-hybridized carbons (Fsp3) is 0.875. The predicted molar refractivity (Wildman–Crippen MR) is 40.0 cm³/mol. The van der Waals surface area contributed by atoms with E-state index in [2.05, 4.69) is 6.92 Å². The maximum atomic E-state index is 11.0. The lowest BCUT2D eigenvalue weighted by atomic mass is 9.99. The fourth-order valence-corrected chi connectivity index (χ4v) is 1.52. The third kappa shape index (κ3) is 1.57. The minimum atomic E-state index is 0.309. The quantitative estimate of drug-likeness (QED) is 0.523. The number of hydrogen-bond donors (Lipinski definition) is 1. The van der Waals surface area contributed by atoms with Gasteiger partial charge in [-0.1, -0.05) is 6.92 Å². The maximum absolute atomic E-state index is 11.0. The summed E-state index contributed by atoms with van der Waals surface area (Å²) < 4.78 is 0. The molecule has 1 aliphatic rings. The lowest BCUT2D eigenvalue weighted by Gasteiger charge is -2.25. The maximum Gasteiger partial charge on any atom is 0.146 e. The molecule has 10 heavy (non-hydrogen) atoms. The first kappa shape index (κ1) is 7.73. The van der Waals surface area contributed by atoms with Crippen LogP contribution in [0.2, 0.25) is 0 Å². The van der Waals surface area contributed by atoms with Crippen LogP contribution in [0.15, 0.2) is 0 Å². The number of carbonyl (C=O) groups is 1.